The number of rotatable bonds is 4. The summed E-state index contributed by atoms with van der Waals surface area (Å²) in [6.07, 6.45) is 1.73. The molecule has 3 heteroatoms. The summed E-state index contributed by atoms with van der Waals surface area (Å²) in [6, 6.07) is 15.4. The Kier molecular flexibility index (Phi) is 4.29. The minimum Gasteiger partial charge on any atom is -0.347 e. The molecule has 2 atom stereocenters. The monoisotopic (exact) mass is 254 g/mol. The molecule has 2 aromatic rings. The minimum atomic E-state index is -0.160. The molecule has 0 aliphatic carbocycles. The third-order valence-electron chi connectivity index (χ3n) is 3.18. The van der Waals surface area contributed by atoms with Crippen LogP contribution in [-0.2, 0) is 4.79 Å². The molecule has 0 spiro atoms. The van der Waals surface area contributed by atoms with Crippen molar-refractivity contribution in [2.45, 2.75) is 25.8 Å². The van der Waals surface area contributed by atoms with Crippen LogP contribution in [-0.4, -0.2) is 10.9 Å². The molecule has 98 valence electrons. The fourth-order valence-electron chi connectivity index (χ4n) is 1.94. The van der Waals surface area contributed by atoms with E-state index in [1.165, 1.54) is 0 Å². The summed E-state index contributed by atoms with van der Waals surface area (Å²) in [4.78, 5) is 16.4. The van der Waals surface area contributed by atoms with E-state index in [4.69, 9.17) is 0 Å². The van der Waals surface area contributed by atoms with E-state index >= 15 is 0 Å². The van der Waals surface area contributed by atoms with Crippen LogP contribution in [0.5, 0.6) is 0 Å². The summed E-state index contributed by atoms with van der Waals surface area (Å²) < 4.78 is 0. The van der Waals surface area contributed by atoms with Gasteiger partial charge in [0.2, 0.25) is 5.91 Å². The molecule has 2 rings (SSSR count). The number of aromatic nitrogens is 1. The molecule has 0 aliphatic heterocycles. The van der Waals surface area contributed by atoms with Gasteiger partial charge in [-0.3, -0.25) is 9.78 Å². The van der Waals surface area contributed by atoms with E-state index in [9.17, 15) is 4.79 Å². The van der Waals surface area contributed by atoms with Gasteiger partial charge >= 0.3 is 0 Å². The van der Waals surface area contributed by atoms with Crippen LogP contribution < -0.4 is 5.32 Å². The SMILES string of the molecule is C[C@@H](NC(=O)[C@H](C)c1ccccc1)c1ccccn1. The van der Waals surface area contributed by atoms with Gasteiger partial charge in [0.15, 0.2) is 0 Å². The molecule has 3 nitrogen and oxygen atoms in total. The number of benzene rings is 1. The predicted molar refractivity (Wildman–Crippen MR) is 75.7 cm³/mol. The maximum Gasteiger partial charge on any atom is 0.227 e. The Morgan fingerprint density at radius 2 is 1.74 bits per heavy atom. The Morgan fingerprint density at radius 1 is 1.05 bits per heavy atom. The molecule has 0 unspecified atom stereocenters. The third-order valence-corrected chi connectivity index (χ3v) is 3.18. The van der Waals surface area contributed by atoms with E-state index < -0.39 is 0 Å². The second-order valence-corrected chi connectivity index (χ2v) is 4.62. The van der Waals surface area contributed by atoms with Crippen molar-refractivity contribution >= 4 is 5.91 Å². The van der Waals surface area contributed by atoms with Gasteiger partial charge in [-0.05, 0) is 31.5 Å². The highest BCUT2D eigenvalue weighted by atomic mass is 16.1. The van der Waals surface area contributed by atoms with Gasteiger partial charge in [0, 0.05) is 6.20 Å². The highest BCUT2D eigenvalue weighted by molar-refractivity contribution is 5.83. The van der Waals surface area contributed by atoms with Crippen molar-refractivity contribution in [1.82, 2.24) is 10.3 Å². The molecule has 0 aliphatic rings. The summed E-state index contributed by atoms with van der Waals surface area (Å²) in [5.41, 5.74) is 1.89. The number of pyridine rings is 1. The fourth-order valence-corrected chi connectivity index (χ4v) is 1.94. The number of carbonyl (C=O) groups excluding carboxylic acids is 1. The van der Waals surface area contributed by atoms with E-state index in [2.05, 4.69) is 10.3 Å². The lowest BCUT2D eigenvalue weighted by Crippen LogP contribution is -2.30. The molecule has 19 heavy (non-hydrogen) atoms. The molecule has 1 aromatic carbocycles. The maximum absolute atomic E-state index is 12.2. The van der Waals surface area contributed by atoms with Gasteiger partial charge in [0.25, 0.3) is 0 Å². The second kappa shape index (κ2) is 6.14. The Bertz CT molecular complexity index is 525. The largest absolute Gasteiger partial charge is 0.347 e. The zero-order chi connectivity index (χ0) is 13.7. The first-order valence-electron chi connectivity index (χ1n) is 6.44. The molecule has 0 radical (unpaired) electrons. The van der Waals surface area contributed by atoms with Crippen LogP contribution in [0.1, 0.15) is 37.1 Å². The quantitative estimate of drug-likeness (QED) is 0.911. The van der Waals surface area contributed by atoms with E-state index in [0.717, 1.165) is 11.3 Å². The Hall–Kier alpha value is -2.16. The minimum absolute atomic E-state index is 0.0179. The average Bonchev–Trinajstić information content (AvgIpc) is 2.48. The molecule has 1 N–H and O–H groups in total. The van der Waals surface area contributed by atoms with Crippen LogP contribution in [0.15, 0.2) is 54.7 Å². The van der Waals surface area contributed by atoms with Crippen LogP contribution in [0.4, 0.5) is 0 Å². The Labute approximate surface area is 113 Å². The highest BCUT2D eigenvalue weighted by Crippen LogP contribution is 2.16. The summed E-state index contributed by atoms with van der Waals surface area (Å²) >= 11 is 0. The normalized spacial score (nSPS) is 13.6. The molecule has 0 fully saturated rings. The molecular formula is C16H18N2O. The molecule has 0 bridgehead atoms. The topological polar surface area (TPSA) is 42.0 Å². The zero-order valence-corrected chi connectivity index (χ0v) is 11.2. The molecule has 0 saturated carbocycles. The van der Waals surface area contributed by atoms with Crippen LogP contribution in [0, 0.1) is 0 Å². The first-order chi connectivity index (χ1) is 9.18. The highest BCUT2D eigenvalue weighted by Gasteiger charge is 2.17. The van der Waals surface area contributed by atoms with Crippen LogP contribution in [0.3, 0.4) is 0 Å². The molecular weight excluding hydrogens is 236 g/mol. The lowest BCUT2D eigenvalue weighted by atomic mass is 10.00. The van der Waals surface area contributed by atoms with Crippen LogP contribution in [0.2, 0.25) is 0 Å². The van der Waals surface area contributed by atoms with Gasteiger partial charge in [-0.2, -0.15) is 0 Å². The summed E-state index contributed by atoms with van der Waals surface area (Å²) in [6.45, 7) is 3.85. The Morgan fingerprint density at radius 3 is 2.37 bits per heavy atom. The smallest absolute Gasteiger partial charge is 0.227 e. The summed E-state index contributed by atoms with van der Waals surface area (Å²) in [5.74, 6) is -0.142. The lowest BCUT2D eigenvalue weighted by Gasteiger charge is -2.17. The van der Waals surface area contributed by atoms with Gasteiger partial charge in [-0.1, -0.05) is 36.4 Å². The summed E-state index contributed by atoms with van der Waals surface area (Å²) in [7, 11) is 0. The maximum atomic E-state index is 12.2. The molecule has 1 amide bonds. The van der Waals surface area contributed by atoms with Crippen molar-refractivity contribution in [3.05, 3.63) is 66.0 Å². The third kappa shape index (κ3) is 3.41. The average molecular weight is 254 g/mol. The van der Waals surface area contributed by atoms with Crippen molar-refractivity contribution < 1.29 is 4.79 Å². The van der Waals surface area contributed by atoms with E-state index in [1.807, 2.05) is 62.4 Å². The summed E-state index contributed by atoms with van der Waals surface area (Å²) in [5, 5.41) is 2.99. The van der Waals surface area contributed by atoms with Crippen LogP contribution >= 0.6 is 0 Å². The predicted octanol–water partition coefficient (Wildman–Crippen LogP) is 3.06. The first kappa shape index (κ1) is 13.3. The molecule has 1 heterocycles. The van der Waals surface area contributed by atoms with Gasteiger partial charge in [-0.25, -0.2) is 0 Å². The molecule has 0 saturated heterocycles. The van der Waals surface area contributed by atoms with Crippen molar-refractivity contribution in [2.24, 2.45) is 0 Å². The number of amides is 1. The first-order valence-corrected chi connectivity index (χ1v) is 6.44. The standard InChI is InChI=1S/C16H18N2O/c1-12(14-8-4-3-5-9-14)16(19)18-13(2)15-10-6-7-11-17-15/h3-13H,1-2H3,(H,18,19)/t12-,13-/m1/s1. The molecule has 1 aromatic heterocycles. The number of nitrogens with one attached hydrogen (secondary N) is 1. The van der Waals surface area contributed by atoms with Crippen molar-refractivity contribution in [3.63, 3.8) is 0 Å². The van der Waals surface area contributed by atoms with Gasteiger partial charge in [-0.15, -0.1) is 0 Å². The van der Waals surface area contributed by atoms with Gasteiger partial charge in [0.05, 0.1) is 17.7 Å². The Balaban J connectivity index is 2.02. The fraction of sp³-hybridized carbons (Fsp3) is 0.250. The van der Waals surface area contributed by atoms with Crippen molar-refractivity contribution in [2.75, 3.05) is 0 Å². The van der Waals surface area contributed by atoms with E-state index in [0.29, 0.717) is 0 Å². The van der Waals surface area contributed by atoms with Crippen molar-refractivity contribution in [1.29, 1.82) is 0 Å². The van der Waals surface area contributed by atoms with E-state index in [1.54, 1.807) is 6.20 Å². The second-order valence-electron chi connectivity index (χ2n) is 4.62. The van der Waals surface area contributed by atoms with Crippen molar-refractivity contribution in [3.8, 4) is 0 Å². The number of hydrogen-bond donors (Lipinski definition) is 1. The van der Waals surface area contributed by atoms with Gasteiger partial charge < -0.3 is 5.32 Å². The van der Waals surface area contributed by atoms with Gasteiger partial charge in [0.1, 0.15) is 0 Å². The number of nitrogens with zero attached hydrogens (tertiary/aromatic N) is 1. The number of hydrogen-bond acceptors (Lipinski definition) is 2. The number of carbonyl (C=O) groups is 1. The lowest BCUT2D eigenvalue weighted by molar-refractivity contribution is -0.122. The van der Waals surface area contributed by atoms with E-state index in [-0.39, 0.29) is 17.9 Å². The van der Waals surface area contributed by atoms with Crippen LogP contribution in [0.25, 0.3) is 0 Å². The zero-order valence-electron chi connectivity index (χ0n) is 11.2.